The Hall–Kier alpha value is -3.58. The number of nitrogens with zero attached hydrogens (tertiary/aromatic N) is 1. The van der Waals surface area contributed by atoms with Crippen LogP contribution in [0.5, 0.6) is 11.5 Å². The fourth-order valence-electron chi connectivity index (χ4n) is 4.05. The minimum atomic E-state index is -0.774. The highest BCUT2D eigenvalue weighted by molar-refractivity contribution is 7.10. The van der Waals surface area contributed by atoms with Gasteiger partial charge in [0.05, 0.1) is 19.8 Å². The molecule has 1 N–H and O–H groups in total. The molecule has 0 bridgehead atoms. The Morgan fingerprint density at radius 2 is 1.61 bits per heavy atom. The number of ether oxygens (including phenoxy) is 2. The molecule has 1 aromatic heterocycles. The first kappa shape index (κ1) is 22.6. The lowest BCUT2D eigenvalue weighted by atomic mass is 9.98. The quantitative estimate of drug-likeness (QED) is 0.296. The van der Waals surface area contributed by atoms with E-state index in [0.29, 0.717) is 23.1 Å². The number of carbonyl (C=O) groups is 2. The number of anilines is 1. The third-order valence-corrected chi connectivity index (χ3v) is 6.68. The molecule has 4 rings (SSSR count). The first-order valence-corrected chi connectivity index (χ1v) is 11.4. The molecular weight excluding hydrogens is 438 g/mol. The molecule has 1 aliphatic rings. The van der Waals surface area contributed by atoms with Crippen molar-refractivity contribution in [3.63, 3.8) is 0 Å². The van der Waals surface area contributed by atoms with Gasteiger partial charge in [0.2, 0.25) is 0 Å². The number of Topliss-reactive ketones (excluding diaryl/α,β-unsaturated/α-hetero) is 1. The Balaban J connectivity index is 1.94. The Morgan fingerprint density at radius 3 is 2.12 bits per heavy atom. The van der Waals surface area contributed by atoms with Crippen LogP contribution in [0.25, 0.3) is 5.76 Å². The molecule has 3 aromatic rings. The molecule has 1 fully saturated rings. The van der Waals surface area contributed by atoms with Crippen molar-refractivity contribution < 1.29 is 24.2 Å². The normalized spacial score (nSPS) is 17.6. The SMILES string of the molecule is COc1cccc(OC)c1/C(O)=C1\C(=O)C(=O)N(c2ccc(C(C)C)cc2)C1c1cccs1. The summed E-state index contributed by atoms with van der Waals surface area (Å²) in [6, 6.07) is 15.6. The van der Waals surface area contributed by atoms with Crippen LogP contribution in [0.1, 0.15) is 41.8 Å². The maximum atomic E-state index is 13.3. The highest BCUT2D eigenvalue weighted by atomic mass is 32.1. The summed E-state index contributed by atoms with van der Waals surface area (Å²) in [5.74, 6) is -0.774. The van der Waals surface area contributed by atoms with Crippen LogP contribution in [0.3, 0.4) is 0 Å². The number of benzene rings is 2. The molecule has 33 heavy (non-hydrogen) atoms. The molecule has 1 atom stereocenters. The third kappa shape index (κ3) is 3.89. The number of rotatable bonds is 6. The monoisotopic (exact) mass is 463 g/mol. The smallest absolute Gasteiger partial charge is 0.300 e. The fourth-order valence-corrected chi connectivity index (χ4v) is 4.88. The van der Waals surface area contributed by atoms with Gasteiger partial charge < -0.3 is 14.6 Å². The molecule has 1 unspecified atom stereocenters. The van der Waals surface area contributed by atoms with Gasteiger partial charge in [0.1, 0.15) is 28.9 Å². The fraction of sp³-hybridized carbons (Fsp3) is 0.231. The van der Waals surface area contributed by atoms with E-state index in [-0.39, 0.29) is 16.9 Å². The predicted molar refractivity (Wildman–Crippen MR) is 129 cm³/mol. The summed E-state index contributed by atoms with van der Waals surface area (Å²) in [7, 11) is 2.94. The van der Waals surface area contributed by atoms with E-state index in [1.54, 1.807) is 18.2 Å². The Bertz CT molecular complexity index is 1190. The Labute approximate surface area is 196 Å². The molecule has 1 amide bonds. The predicted octanol–water partition coefficient (Wildman–Crippen LogP) is 5.52. The molecule has 170 valence electrons. The lowest BCUT2D eigenvalue weighted by Crippen LogP contribution is -2.29. The second-order valence-electron chi connectivity index (χ2n) is 7.97. The number of amides is 1. The summed E-state index contributed by atoms with van der Waals surface area (Å²) >= 11 is 1.41. The number of carbonyl (C=O) groups excluding carboxylic acids is 2. The van der Waals surface area contributed by atoms with Crippen molar-refractivity contribution in [2.45, 2.75) is 25.8 Å². The molecule has 2 heterocycles. The lowest BCUT2D eigenvalue weighted by molar-refractivity contribution is -0.132. The van der Waals surface area contributed by atoms with E-state index in [2.05, 4.69) is 13.8 Å². The van der Waals surface area contributed by atoms with Crippen molar-refractivity contribution in [3.8, 4) is 11.5 Å². The van der Waals surface area contributed by atoms with Crippen LogP contribution in [0, 0.1) is 0 Å². The second-order valence-corrected chi connectivity index (χ2v) is 8.95. The van der Waals surface area contributed by atoms with Gasteiger partial charge in [0.25, 0.3) is 11.7 Å². The van der Waals surface area contributed by atoms with Gasteiger partial charge in [-0.2, -0.15) is 0 Å². The van der Waals surface area contributed by atoms with E-state index in [0.717, 1.165) is 10.4 Å². The van der Waals surface area contributed by atoms with Gasteiger partial charge in [-0.05, 0) is 47.2 Å². The Morgan fingerprint density at radius 1 is 0.970 bits per heavy atom. The van der Waals surface area contributed by atoms with E-state index < -0.39 is 17.7 Å². The third-order valence-electron chi connectivity index (χ3n) is 5.76. The minimum Gasteiger partial charge on any atom is -0.506 e. The second kappa shape index (κ2) is 9.11. The average molecular weight is 464 g/mol. The zero-order valence-corrected chi connectivity index (χ0v) is 19.7. The molecule has 1 saturated heterocycles. The summed E-state index contributed by atoms with van der Waals surface area (Å²) < 4.78 is 10.8. The molecule has 0 saturated carbocycles. The highest BCUT2D eigenvalue weighted by Crippen LogP contribution is 2.46. The van der Waals surface area contributed by atoms with Gasteiger partial charge in [0, 0.05) is 10.6 Å². The summed E-state index contributed by atoms with van der Waals surface area (Å²) in [4.78, 5) is 28.8. The van der Waals surface area contributed by atoms with E-state index in [1.807, 2.05) is 41.8 Å². The van der Waals surface area contributed by atoms with Crippen LogP contribution in [-0.2, 0) is 9.59 Å². The molecule has 6 nitrogen and oxygen atoms in total. The first-order valence-electron chi connectivity index (χ1n) is 10.5. The van der Waals surface area contributed by atoms with Gasteiger partial charge in [-0.15, -0.1) is 11.3 Å². The minimum absolute atomic E-state index is 0.00168. The number of aliphatic hydroxyl groups excluding tert-OH is 1. The zero-order valence-electron chi connectivity index (χ0n) is 18.9. The van der Waals surface area contributed by atoms with Gasteiger partial charge in [0.15, 0.2) is 0 Å². The summed E-state index contributed by atoms with van der Waals surface area (Å²) in [5.41, 5.74) is 1.95. The first-order chi connectivity index (χ1) is 15.9. The van der Waals surface area contributed by atoms with Crippen molar-refractivity contribution in [1.29, 1.82) is 0 Å². The molecule has 0 spiro atoms. The van der Waals surface area contributed by atoms with Gasteiger partial charge in [-0.3, -0.25) is 14.5 Å². The van der Waals surface area contributed by atoms with E-state index >= 15 is 0 Å². The molecule has 2 aromatic carbocycles. The number of methoxy groups -OCH3 is 2. The molecule has 1 aliphatic heterocycles. The van der Waals surface area contributed by atoms with Crippen molar-refractivity contribution >= 4 is 34.5 Å². The number of aliphatic hydroxyl groups is 1. The van der Waals surface area contributed by atoms with Gasteiger partial charge >= 0.3 is 0 Å². The Kier molecular flexibility index (Phi) is 6.24. The van der Waals surface area contributed by atoms with Crippen LogP contribution < -0.4 is 14.4 Å². The van der Waals surface area contributed by atoms with E-state index in [1.165, 1.54) is 30.5 Å². The molecular formula is C26H25NO5S. The van der Waals surface area contributed by atoms with Crippen LogP contribution in [0.15, 0.2) is 65.6 Å². The molecule has 0 aliphatic carbocycles. The van der Waals surface area contributed by atoms with E-state index in [4.69, 9.17) is 9.47 Å². The summed E-state index contributed by atoms with van der Waals surface area (Å²) in [6.45, 7) is 4.18. The molecule has 7 heteroatoms. The molecule has 0 radical (unpaired) electrons. The van der Waals surface area contributed by atoms with Crippen molar-refractivity contribution in [2.24, 2.45) is 0 Å². The summed E-state index contributed by atoms with van der Waals surface area (Å²) in [6.07, 6.45) is 0. The zero-order chi connectivity index (χ0) is 23.7. The summed E-state index contributed by atoms with van der Waals surface area (Å²) in [5, 5.41) is 13.3. The van der Waals surface area contributed by atoms with Crippen LogP contribution in [0.4, 0.5) is 5.69 Å². The number of hydrogen-bond acceptors (Lipinski definition) is 6. The lowest BCUT2D eigenvalue weighted by Gasteiger charge is -2.25. The van der Waals surface area contributed by atoms with Crippen LogP contribution >= 0.6 is 11.3 Å². The van der Waals surface area contributed by atoms with Crippen molar-refractivity contribution in [1.82, 2.24) is 0 Å². The van der Waals surface area contributed by atoms with Crippen LogP contribution in [0.2, 0.25) is 0 Å². The number of thiophene rings is 1. The van der Waals surface area contributed by atoms with Crippen molar-refractivity contribution in [2.75, 3.05) is 19.1 Å². The topological polar surface area (TPSA) is 76.1 Å². The maximum absolute atomic E-state index is 13.3. The van der Waals surface area contributed by atoms with Gasteiger partial charge in [-0.25, -0.2) is 0 Å². The average Bonchev–Trinajstić information content (AvgIpc) is 3.45. The van der Waals surface area contributed by atoms with E-state index in [9.17, 15) is 14.7 Å². The maximum Gasteiger partial charge on any atom is 0.300 e. The number of hydrogen-bond donors (Lipinski definition) is 1. The van der Waals surface area contributed by atoms with Crippen molar-refractivity contribution in [3.05, 3.63) is 81.6 Å². The largest absolute Gasteiger partial charge is 0.506 e. The van der Waals surface area contributed by atoms with Gasteiger partial charge in [-0.1, -0.05) is 38.1 Å². The standard InChI is InChI=1S/C26H25NO5S/c1-15(2)16-10-12-17(13-11-16)27-23(20-9-6-14-33-20)22(25(29)26(27)30)24(28)21-18(31-3)7-5-8-19(21)32-4/h5-15,23,28H,1-4H3/b24-22+. The number of ketones is 1. The van der Waals surface area contributed by atoms with Crippen LogP contribution in [-0.4, -0.2) is 31.0 Å². The highest BCUT2D eigenvalue weighted by Gasteiger charge is 2.48.